The number of nitrogens with two attached hydrogens (primary N) is 1. The number of hydrogen-bond acceptors (Lipinski definition) is 3. The van der Waals surface area contributed by atoms with Crippen molar-refractivity contribution in [3.8, 4) is 0 Å². The number of carbonyl (C=O) groups excluding carboxylic acids is 2. The van der Waals surface area contributed by atoms with Gasteiger partial charge in [0, 0.05) is 44.0 Å². The van der Waals surface area contributed by atoms with Crippen molar-refractivity contribution in [3.63, 3.8) is 0 Å². The van der Waals surface area contributed by atoms with Gasteiger partial charge in [-0.3, -0.25) is 9.78 Å². The van der Waals surface area contributed by atoms with Gasteiger partial charge < -0.3 is 15.5 Å². The van der Waals surface area contributed by atoms with Crippen molar-refractivity contribution < 1.29 is 9.59 Å². The largest absolute Gasteiger partial charge is 0.351 e. The molecule has 3 heterocycles. The summed E-state index contributed by atoms with van der Waals surface area (Å²) in [5.41, 5.74) is 6.01. The number of nitrogens with zero attached hydrogens (tertiary/aromatic N) is 3. The molecule has 6 heteroatoms. The van der Waals surface area contributed by atoms with Crippen molar-refractivity contribution in [1.82, 2.24) is 14.8 Å². The molecule has 0 saturated carbocycles. The molecule has 1 atom stereocenters. The van der Waals surface area contributed by atoms with E-state index in [1.807, 2.05) is 4.90 Å². The van der Waals surface area contributed by atoms with Crippen LogP contribution in [0, 0.1) is 5.41 Å². The molecule has 2 N–H and O–H groups in total. The number of carbonyl (C=O) groups is 2. The maximum atomic E-state index is 12.5. The molecule has 1 aromatic rings. The lowest BCUT2D eigenvalue weighted by atomic mass is 9.79. The van der Waals surface area contributed by atoms with Crippen molar-refractivity contribution in [2.75, 3.05) is 26.2 Å². The Kier molecular flexibility index (Phi) is 3.53. The van der Waals surface area contributed by atoms with E-state index in [1.165, 1.54) is 0 Å². The van der Waals surface area contributed by atoms with Crippen LogP contribution in [0.15, 0.2) is 24.5 Å². The molecule has 2 saturated heterocycles. The SMILES string of the molecule is NC(=O)N1CC[C@]2(CCCN(C(=O)c3cccnc3)C2)C1. The highest BCUT2D eigenvalue weighted by molar-refractivity contribution is 5.94. The number of rotatable bonds is 1. The molecule has 0 radical (unpaired) electrons. The first-order valence-corrected chi connectivity index (χ1v) is 7.33. The molecular formula is C15H20N4O2. The van der Waals surface area contributed by atoms with E-state index in [0.717, 1.165) is 25.8 Å². The second-order valence-corrected chi connectivity index (χ2v) is 6.08. The lowest BCUT2D eigenvalue weighted by molar-refractivity contribution is 0.0537. The highest BCUT2D eigenvalue weighted by Gasteiger charge is 2.43. The summed E-state index contributed by atoms with van der Waals surface area (Å²) in [6, 6.07) is 3.21. The Balaban J connectivity index is 1.72. The van der Waals surface area contributed by atoms with E-state index in [2.05, 4.69) is 4.98 Å². The molecule has 0 bridgehead atoms. The summed E-state index contributed by atoms with van der Waals surface area (Å²) in [5, 5.41) is 0. The molecule has 0 aromatic carbocycles. The van der Waals surface area contributed by atoms with Crippen molar-refractivity contribution in [2.24, 2.45) is 11.1 Å². The second kappa shape index (κ2) is 5.35. The first-order chi connectivity index (χ1) is 10.1. The molecule has 2 fully saturated rings. The highest BCUT2D eigenvalue weighted by atomic mass is 16.2. The summed E-state index contributed by atoms with van der Waals surface area (Å²) >= 11 is 0. The van der Waals surface area contributed by atoms with Crippen LogP contribution in [0.5, 0.6) is 0 Å². The van der Waals surface area contributed by atoms with E-state index in [1.54, 1.807) is 29.4 Å². The van der Waals surface area contributed by atoms with Crippen molar-refractivity contribution in [2.45, 2.75) is 19.3 Å². The summed E-state index contributed by atoms with van der Waals surface area (Å²) in [7, 11) is 0. The minimum Gasteiger partial charge on any atom is -0.351 e. The minimum atomic E-state index is -0.359. The van der Waals surface area contributed by atoms with Crippen molar-refractivity contribution in [3.05, 3.63) is 30.1 Å². The standard InChI is InChI=1S/C15H20N4O2/c16-14(21)19-8-5-15(11-19)4-2-7-18(10-15)13(20)12-3-1-6-17-9-12/h1,3,6,9H,2,4-5,7-8,10-11H2,(H2,16,21)/t15-/m0/s1. The number of pyridine rings is 1. The van der Waals surface area contributed by atoms with Gasteiger partial charge in [0.2, 0.25) is 0 Å². The number of urea groups is 1. The molecule has 21 heavy (non-hydrogen) atoms. The van der Waals surface area contributed by atoms with Gasteiger partial charge in [0.15, 0.2) is 0 Å². The van der Waals surface area contributed by atoms with Gasteiger partial charge in [0.05, 0.1) is 5.56 Å². The molecule has 0 aliphatic carbocycles. The number of amides is 3. The molecule has 6 nitrogen and oxygen atoms in total. The van der Waals surface area contributed by atoms with Gasteiger partial charge in [-0.05, 0) is 31.4 Å². The van der Waals surface area contributed by atoms with E-state index in [9.17, 15) is 9.59 Å². The number of likely N-dealkylation sites (tertiary alicyclic amines) is 2. The third kappa shape index (κ3) is 2.70. The zero-order valence-corrected chi connectivity index (χ0v) is 12.0. The third-order valence-corrected chi connectivity index (χ3v) is 4.61. The molecule has 3 rings (SSSR count). The molecule has 2 aliphatic rings. The minimum absolute atomic E-state index is 0.0190. The monoisotopic (exact) mass is 288 g/mol. The topological polar surface area (TPSA) is 79.5 Å². The predicted octanol–water partition coefficient (Wildman–Crippen LogP) is 1.09. The van der Waals surface area contributed by atoms with Crippen LogP contribution < -0.4 is 5.73 Å². The number of piperidine rings is 1. The van der Waals surface area contributed by atoms with Gasteiger partial charge >= 0.3 is 6.03 Å². The van der Waals surface area contributed by atoms with E-state index in [0.29, 0.717) is 25.2 Å². The second-order valence-electron chi connectivity index (χ2n) is 6.08. The zero-order chi connectivity index (χ0) is 14.9. The van der Waals surface area contributed by atoms with Gasteiger partial charge in [0.25, 0.3) is 5.91 Å². The van der Waals surface area contributed by atoms with Crippen LogP contribution in [0.25, 0.3) is 0 Å². The van der Waals surface area contributed by atoms with Crippen LogP contribution >= 0.6 is 0 Å². The maximum absolute atomic E-state index is 12.5. The lowest BCUT2D eigenvalue weighted by Gasteiger charge is -2.40. The lowest BCUT2D eigenvalue weighted by Crippen LogP contribution is -2.48. The maximum Gasteiger partial charge on any atom is 0.314 e. The fourth-order valence-corrected chi connectivity index (χ4v) is 3.51. The number of primary amides is 1. The van der Waals surface area contributed by atoms with Crippen LogP contribution in [-0.4, -0.2) is 52.9 Å². The Morgan fingerprint density at radius 2 is 2.00 bits per heavy atom. The van der Waals surface area contributed by atoms with Crippen molar-refractivity contribution in [1.29, 1.82) is 0 Å². The van der Waals surface area contributed by atoms with Crippen molar-refractivity contribution >= 4 is 11.9 Å². The Morgan fingerprint density at radius 1 is 1.19 bits per heavy atom. The van der Waals surface area contributed by atoms with E-state index < -0.39 is 0 Å². The van der Waals surface area contributed by atoms with E-state index in [-0.39, 0.29) is 17.4 Å². The Labute approximate surface area is 123 Å². The Bertz CT molecular complexity index is 548. The summed E-state index contributed by atoms with van der Waals surface area (Å²) < 4.78 is 0. The predicted molar refractivity (Wildman–Crippen MR) is 77.6 cm³/mol. The molecule has 1 spiro atoms. The molecule has 0 unspecified atom stereocenters. The molecular weight excluding hydrogens is 268 g/mol. The van der Waals surface area contributed by atoms with Crippen LogP contribution in [0.4, 0.5) is 4.79 Å². The van der Waals surface area contributed by atoms with Crippen LogP contribution in [0.1, 0.15) is 29.6 Å². The zero-order valence-electron chi connectivity index (χ0n) is 12.0. The van der Waals surface area contributed by atoms with Crippen LogP contribution in [0.3, 0.4) is 0 Å². The summed E-state index contributed by atoms with van der Waals surface area (Å²) in [6.45, 7) is 2.83. The average molecular weight is 288 g/mol. The van der Waals surface area contributed by atoms with Gasteiger partial charge in [-0.1, -0.05) is 0 Å². The van der Waals surface area contributed by atoms with Crippen LogP contribution in [0.2, 0.25) is 0 Å². The van der Waals surface area contributed by atoms with Gasteiger partial charge in [-0.2, -0.15) is 0 Å². The smallest absolute Gasteiger partial charge is 0.314 e. The van der Waals surface area contributed by atoms with Gasteiger partial charge in [-0.15, -0.1) is 0 Å². The molecule has 3 amide bonds. The third-order valence-electron chi connectivity index (χ3n) is 4.61. The summed E-state index contributed by atoms with van der Waals surface area (Å²) in [4.78, 5) is 31.5. The summed E-state index contributed by atoms with van der Waals surface area (Å²) in [6.07, 6.45) is 6.21. The highest BCUT2D eigenvalue weighted by Crippen LogP contribution is 2.39. The Hall–Kier alpha value is -2.11. The normalized spacial score (nSPS) is 25.3. The number of aromatic nitrogens is 1. The molecule has 112 valence electrons. The fraction of sp³-hybridized carbons (Fsp3) is 0.533. The molecule has 1 aromatic heterocycles. The number of hydrogen-bond donors (Lipinski definition) is 1. The fourth-order valence-electron chi connectivity index (χ4n) is 3.51. The first-order valence-electron chi connectivity index (χ1n) is 7.33. The summed E-state index contributed by atoms with van der Waals surface area (Å²) in [5.74, 6) is 0.0275. The van der Waals surface area contributed by atoms with E-state index in [4.69, 9.17) is 5.73 Å². The van der Waals surface area contributed by atoms with E-state index >= 15 is 0 Å². The quantitative estimate of drug-likeness (QED) is 0.840. The van der Waals surface area contributed by atoms with Gasteiger partial charge in [-0.25, -0.2) is 4.79 Å². The first kappa shape index (κ1) is 13.9. The molecule has 2 aliphatic heterocycles. The Morgan fingerprint density at radius 3 is 2.67 bits per heavy atom. The van der Waals surface area contributed by atoms with Crippen LogP contribution in [-0.2, 0) is 0 Å². The van der Waals surface area contributed by atoms with Gasteiger partial charge in [0.1, 0.15) is 0 Å². The average Bonchev–Trinajstić information content (AvgIpc) is 2.91.